The van der Waals surface area contributed by atoms with Crippen molar-refractivity contribution < 1.29 is 23.8 Å². The zero-order valence-corrected chi connectivity index (χ0v) is 14.4. The summed E-state index contributed by atoms with van der Waals surface area (Å²) in [5.41, 5.74) is -0.0475. The van der Waals surface area contributed by atoms with Crippen molar-refractivity contribution in [2.75, 3.05) is 32.9 Å². The van der Waals surface area contributed by atoms with Gasteiger partial charge in [-0.25, -0.2) is 4.39 Å². The van der Waals surface area contributed by atoms with Crippen LogP contribution in [0.3, 0.4) is 0 Å². The lowest BCUT2D eigenvalue weighted by Gasteiger charge is -2.41. The smallest absolute Gasteiger partial charge is 0.260 e. The Bertz CT molecular complexity index is 722. The largest absolute Gasteiger partial charge is 0.484 e. The molecule has 0 radical (unpaired) electrons. The number of ether oxygens (including phenoxy) is 2. The highest BCUT2D eigenvalue weighted by molar-refractivity contribution is 5.78. The number of hydrogen-bond donors (Lipinski definition) is 1. The van der Waals surface area contributed by atoms with Crippen molar-refractivity contribution in [3.05, 3.63) is 66.0 Å². The van der Waals surface area contributed by atoms with Crippen molar-refractivity contribution in [1.82, 2.24) is 4.90 Å². The second kappa shape index (κ2) is 8.29. The van der Waals surface area contributed by atoms with Crippen LogP contribution in [0.2, 0.25) is 0 Å². The Hall–Kier alpha value is -2.44. The quantitative estimate of drug-likeness (QED) is 0.858. The lowest BCUT2D eigenvalue weighted by Crippen LogP contribution is -2.57. The van der Waals surface area contributed by atoms with E-state index in [0.717, 1.165) is 5.56 Å². The maximum absolute atomic E-state index is 13.1. The number of hydrogen-bond acceptors (Lipinski definition) is 4. The van der Waals surface area contributed by atoms with Crippen LogP contribution in [0.1, 0.15) is 5.56 Å². The second-order valence-electron chi connectivity index (χ2n) is 6.41. The molecule has 0 unspecified atom stereocenters. The highest BCUT2D eigenvalue weighted by Gasteiger charge is 2.38. The topological polar surface area (TPSA) is 59.0 Å². The lowest BCUT2D eigenvalue weighted by atomic mass is 9.93. The summed E-state index contributed by atoms with van der Waals surface area (Å²) in [5, 5.41) is 9.90. The van der Waals surface area contributed by atoms with Crippen LogP contribution in [-0.2, 0) is 16.0 Å². The summed E-state index contributed by atoms with van der Waals surface area (Å²) in [5.74, 6) is 0.161. The Labute approximate surface area is 152 Å². The van der Waals surface area contributed by atoms with E-state index in [1.807, 2.05) is 18.2 Å². The van der Waals surface area contributed by atoms with Gasteiger partial charge < -0.3 is 19.5 Å². The number of amides is 1. The molecule has 1 N–H and O–H groups in total. The van der Waals surface area contributed by atoms with Gasteiger partial charge in [0.05, 0.1) is 19.8 Å². The second-order valence-corrected chi connectivity index (χ2v) is 6.41. The van der Waals surface area contributed by atoms with Crippen LogP contribution in [0, 0.1) is 5.82 Å². The van der Waals surface area contributed by atoms with Crippen LogP contribution >= 0.6 is 0 Å². The van der Waals surface area contributed by atoms with E-state index < -0.39 is 5.60 Å². The maximum atomic E-state index is 13.1. The van der Waals surface area contributed by atoms with Crippen LogP contribution < -0.4 is 4.74 Å². The number of aliphatic hydroxyl groups excluding tert-OH is 1. The number of halogens is 1. The van der Waals surface area contributed by atoms with Gasteiger partial charge in [-0.2, -0.15) is 0 Å². The summed E-state index contributed by atoms with van der Waals surface area (Å²) in [6, 6.07) is 15.2. The number of aliphatic hydroxyl groups is 1. The molecule has 0 bridgehead atoms. The number of para-hydroxylation sites is 1. The third-order valence-corrected chi connectivity index (χ3v) is 4.43. The molecule has 1 heterocycles. The predicted octanol–water partition coefficient (Wildman–Crippen LogP) is 2.04. The zero-order valence-electron chi connectivity index (χ0n) is 14.4. The van der Waals surface area contributed by atoms with E-state index in [4.69, 9.17) is 9.47 Å². The van der Waals surface area contributed by atoms with Crippen molar-refractivity contribution in [2.24, 2.45) is 0 Å². The van der Waals surface area contributed by atoms with Crippen LogP contribution in [0.5, 0.6) is 5.75 Å². The Morgan fingerprint density at radius 3 is 2.62 bits per heavy atom. The third kappa shape index (κ3) is 4.59. The first kappa shape index (κ1) is 18.4. The molecule has 1 fully saturated rings. The molecule has 138 valence electrons. The molecule has 3 rings (SSSR count). The molecular formula is C20H22FNO4. The molecule has 0 aliphatic carbocycles. The van der Waals surface area contributed by atoms with E-state index in [1.165, 1.54) is 12.1 Å². The summed E-state index contributed by atoms with van der Waals surface area (Å²) < 4.78 is 24.4. The van der Waals surface area contributed by atoms with Gasteiger partial charge in [-0.1, -0.05) is 30.3 Å². The van der Waals surface area contributed by atoms with Gasteiger partial charge in [0.2, 0.25) is 0 Å². The number of nitrogens with zero attached hydrogens (tertiary/aromatic N) is 1. The molecule has 5 nitrogen and oxygen atoms in total. The Kier molecular flexibility index (Phi) is 5.85. The lowest BCUT2D eigenvalue weighted by molar-refractivity contribution is -0.159. The third-order valence-electron chi connectivity index (χ3n) is 4.43. The minimum atomic E-state index is -0.890. The average Bonchev–Trinajstić information content (AvgIpc) is 2.69. The number of carbonyl (C=O) groups is 1. The van der Waals surface area contributed by atoms with Gasteiger partial charge in [0.1, 0.15) is 17.2 Å². The molecular weight excluding hydrogens is 337 g/mol. The predicted molar refractivity (Wildman–Crippen MR) is 94.4 cm³/mol. The molecule has 2 aromatic rings. The highest BCUT2D eigenvalue weighted by Crippen LogP contribution is 2.23. The van der Waals surface area contributed by atoms with Crippen molar-refractivity contribution in [1.29, 1.82) is 0 Å². The van der Waals surface area contributed by atoms with Gasteiger partial charge in [-0.3, -0.25) is 4.79 Å². The fraction of sp³-hybridized carbons (Fsp3) is 0.350. The first-order valence-electron chi connectivity index (χ1n) is 8.55. The van der Waals surface area contributed by atoms with E-state index in [9.17, 15) is 14.3 Å². The normalized spacial score (nSPS) is 20.0. The minimum Gasteiger partial charge on any atom is -0.484 e. The first-order chi connectivity index (χ1) is 12.6. The van der Waals surface area contributed by atoms with Crippen LogP contribution in [-0.4, -0.2) is 54.4 Å². The van der Waals surface area contributed by atoms with Crippen LogP contribution in [0.25, 0.3) is 0 Å². The highest BCUT2D eigenvalue weighted by atomic mass is 19.1. The Balaban J connectivity index is 1.62. The van der Waals surface area contributed by atoms with Gasteiger partial charge in [-0.15, -0.1) is 0 Å². The van der Waals surface area contributed by atoms with Gasteiger partial charge in [-0.05, 0) is 29.8 Å². The summed E-state index contributed by atoms with van der Waals surface area (Å²) in [4.78, 5) is 14.1. The SMILES string of the molecule is O=C(COc1ccccc1)N1CCO[C@](CO)(Cc2ccc(F)cc2)C1. The maximum Gasteiger partial charge on any atom is 0.260 e. The Morgan fingerprint density at radius 1 is 1.19 bits per heavy atom. The fourth-order valence-corrected chi connectivity index (χ4v) is 3.04. The van der Waals surface area contributed by atoms with Gasteiger partial charge in [0.25, 0.3) is 5.91 Å². The standard InChI is InChI=1S/C20H22FNO4/c21-17-8-6-16(7-9-17)12-20(15-23)14-22(10-11-26-20)19(24)13-25-18-4-2-1-3-5-18/h1-9,23H,10-15H2/t20-/m1/s1. The van der Waals surface area contributed by atoms with Crippen LogP contribution in [0.4, 0.5) is 4.39 Å². The average molecular weight is 359 g/mol. The summed E-state index contributed by atoms with van der Waals surface area (Å²) >= 11 is 0. The molecule has 1 aliphatic rings. The fourth-order valence-electron chi connectivity index (χ4n) is 3.04. The van der Waals surface area contributed by atoms with Gasteiger partial charge in [0.15, 0.2) is 6.61 Å². The molecule has 1 aliphatic heterocycles. The monoisotopic (exact) mass is 359 g/mol. The molecule has 26 heavy (non-hydrogen) atoms. The van der Waals surface area contributed by atoms with Crippen molar-refractivity contribution >= 4 is 5.91 Å². The van der Waals surface area contributed by atoms with E-state index in [1.54, 1.807) is 29.2 Å². The minimum absolute atomic E-state index is 0.0674. The molecule has 6 heteroatoms. The van der Waals surface area contributed by atoms with Crippen molar-refractivity contribution in [2.45, 2.75) is 12.0 Å². The Morgan fingerprint density at radius 2 is 1.92 bits per heavy atom. The van der Waals surface area contributed by atoms with Gasteiger partial charge >= 0.3 is 0 Å². The van der Waals surface area contributed by atoms with E-state index in [2.05, 4.69) is 0 Å². The number of benzene rings is 2. The number of rotatable bonds is 6. The number of morpholine rings is 1. The molecule has 2 aromatic carbocycles. The molecule has 1 atom stereocenters. The number of carbonyl (C=O) groups excluding carboxylic acids is 1. The molecule has 0 saturated carbocycles. The van der Waals surface area contributed by atoms with E-state index in [-0.39, 0.29) is 31.5 Å². The van der Waals surface area contributed by atoms with Crippen molar-refractivity contribution in [3.63, 3.8) is 0 Å². The van der Waals surface area contributed by atoms with Crippen molar-refractivity contribution in [3.8, 4) is 5.75 Å². The van der Waals surface area contributed by atoms with Gasteiger partial charge in [0, 0.05) is 13.0 Å². The van der Waals surface area contributed by atoms with E-state index >= 15 is 0 Å². The first-order valence-corrected chi connectivity index (χ1v) is 8.55. The van der Waals surface area contributed by atoms with E-state index in [0.29, 0.717) is 25.3 Å². The molecule has 1 amide bonds. The summed E-state index contributed by atoms with van der Waals surface area (Å²) in [7, 11) is 0. The summed E-state index contributed by atoms with van der Waals surface area (Å²) in [6.45, 7) is 0.745. The zero-order chi connectivity index (χ0) is 18.4. The molecule has 0 spiro atoms. The molecule has 1 saturated heterocycles. The van der Waals surface area contributed by atoms with Crippen LogP contribution in [0.15, 0.2) is 54.6 Å². The molecule has 0 aromatic heterocycles. The summed E-state index contributed by atoms with van der Waals surface area (Å²) in [6.07, 6.45) is 0.396.